The molecule has 0 aromatic heterocycles. The average Bonchev–Trinajstić information content (AvgIpc) is 2.33. The number of hydrogen-bond donors (Lipinski definition) is 0. The maximum Gasteiger partial charge on any atom is 0.270 e. The second kappa shape index (κ2) is 6.63. The fourth-order valence-corrected chi connectivity index (χ4v) is 1.97. The number of hydrogen-bond acceptors (Lipinski definition) is 3. The quantitative estimate of drug-likeness (QED) is 0.451. The number of rotatable bonds is 6. The smallest absolute Gasteiger partial charge is 0.270 e. The summed E-state index contributed by atoms with van der Waals surface area (Å²) in [6, 6.07) is 6.56. The highest BCUT2D eigenvalue weighted by atomic mass is 28.3. The maximum atomic E-state index is 10.6. The van der Waals surface area contributed by atoms with Gasteiger partial charge in [-0.1, -0.05) is 43.9 Å². The van der Waals surface area contributed by atoms with Crippen LogP contribution in [0.25, 0.3) is 6.08 Å². The number of nitro groups is 1. The molecule has 1 aromatic rings. The molecule has 1 rings (SSSR count). The standard InChI is InChI=1S/C14H21NO3Si/c1-12(19(2,3)4)18-10-6-8-13-7-5-9-14(11-13)15(16)17/h5-9,11-12H,10H2,1-4H3/b8-6+. The molecule has 0 spiro atoms. The van der Waals surface area contributed by atoms with Gasteiger partial charge in [-0.3, -0.25) is 10.1 Å². The second-order valence-corrected chi connectivity index (χ2v) is 11.1. The van der Waals surface area contributed by atoms with Crippen molar-refractivity contribution in [1.82, 2.24) is 0 Å². The van der Waals surface area contributed by atoms with Gasteiger partial charge in [0, 0.05) is 17.9 Å². The molecule has 0 N–H and O–H groups in total. The van der Waals surface area contributed by atoms with Gasteiger partial charge in [0.25, 0.3) is 5.69 Å². The Kier molecular flexibility index (Phi) is 5.44. The van der Waals surface area contributed by atoms with Gasteiger partial charge in [0.1, 0.15) is 0 Å². The Morgan fingerprint density at radius 2 is 2.11 bits per heavy atom. The molecule has 0 amide bonds. The zero-order valence-electron chi connectivity index (χ0n) is 11.9. The van der Waals surface area contributed by atoms with E-state index in [1.165, 1.54) is 6.07 Å². The van der Waals surface area contributed by atoms with Gasteiger partial charge in [0.05, 0.1) is 19.6 Å². The lowest BCUT2D eigenvalue weighted by atomic mass is 10.2. The molecule has 0 heterocycles. The summed E-state index contributed by atoms with van der Waals surface area (Å²) in [5.41, 5.74) is 1.22. The van der Waals surface area contributed by atoms with E-state index in [4.69, 9.17) is 4.74 Å². The Morgan fingerprint density at radius 3 is 2.68 bits per heavy atom. The molecule has 0 saturated carbocycles. The van der Waals surface area contributed by atoms with E-state index in [1.54, 1.807) is 12.1 Å². The Bertz CT molecular complexity index is 466. The number of nitro benzene ring substituents is 1. The summed E-state index contributed by atoms with van der Waals surface area (Å²) in [5, 5.41) is 10.6. The van der Waals surface area contributed by atoms with Crippen molar-refractivity contribution >= 4 is 19.8 Å². The third kappa shape index (κ3) is 5.36. The minimum atomic E-state index is -1.26. The van der Waals surface area contributed by atoms with Gasteiger partial charge in [-0.15, -0.1) is 0 Å². The first kappa shape index (κ1) is 15.6. The van der Waals surface area contributed by atoms with Crippen molar-refractivity contribution in [2.45, 2.75) is 32.3 Å². The summed E-state index contributed by atoms with van der Waals surface area (Å²) in [4.78, 5) is 10.3. The van der Waals surface area contributed by atoms with Crippen molar-refractivity contribution < 1.29 is 9.66 Å². The maximum absolute atomic E-state index is 10.6. The molecule has 0 fully saturated rings. The van der Waals surface area contributed by atoms with Gasteiger partial charge in [0.2, 0.25) is 0 Å². The SMILES string of the molecule is CC(OC/C=C/c1cccc([N+](=O)[O-])c1)[Si](C)(C)C. The predicted molar refractivity (Wildman–Crippen MR) is 80.9 cm³/mol. The Labute approximate surface area is 115 Å². The third-order valence-electron chi connectivity index (χ3n) is 3.05. The highest BCUT2D eigenvalue weighted by Crippen LogP contribution is 2.14. The van der Waals surface area contributed by atoms with E-state index in [-0.39, 0.29) is 10.6 Å². The summed E-state index contributed by atoms with van der Waals surface area (Å²) < 4.78 is 5.75. The van der Waals surface area contributed by atoms with E-state index >= 15 is 0 Å². The minimum absolute atomic E-state index is 0.110. The van der Waals surface area contributed by atoms with Crippen LogP contribution in [0.15, 0.2) is 30.3 Å². The topological polar surface area (TPSA) is 52.4 Å². The molecule has 104 valence electrons. The molecule has 0 aliphatic rings. The molecule has 0 saturated heterocycles. The van der Waals surface area contributed by atoms with E-state index in [9.17, 15) is 10.1 Å². The largest absolute Gasteiger partial charge is 0.378 e. The molecule has 1 aromatic carbocycles. The first-order valence-electron chi connectivity index (χ1n) is 6.33. The Balaban J connectivity index is 2.54. The van der Waals surface area contributed by atoms with Crippen LogP contribution in [0.5, 0.6) is 0 Å². The highest BCUT2D eigenvalue weighted by Gasteiger charge is 2.22. The normalized spacial score (nSPS) is 13.7. The van der Waals surface area contributed by atoms with E-state index < -0.39 is 8.07 Å². The number of non-ortho nitro benzene ring substituents is 1. The molecule has 0 aliphatic heterocycles. The van der Waals surface area contributed by atoms with Crippen molar-refractivity contribution in [3.8, 4) is 0 Å². The van der Waals surface area contributed by atoms with Crippen molar-refractivity contribution in [2.24, 2.45) is 0 Å². The molecular formula is C14H21NO3Si. The second-order valence-electron chi connectivity index (χ2n) is 5.60. The van der Waals surface area contributed by atoms with Crippen LogP contribution in [0.4, 0.5) is 5.69 Å². The van der Waals surface area contributed by atoms with Gasteiger partial charge in [-0.25, -0.2) is 0 Å². The van der Waals surface area contributed by atoms with Crippen molar-refractivity contribution in [1.29, 1.82) is 0 Å². The van der Waals surface area contributed by atoms with Crippen LogP contribution in [0.2, 0.25) is 19.6 Å². The molecule has 19 heavy (non-hydrogen) atoms. The summed E-state index contributed by atoms with van der Waals surface area (Å²) in [6.07, 6.45) is 3.75. The molecule has 5 heteroatoms. The molecule has 0 radical (unpaired) electrons. The molecule has 0 bridgehead atoms. The lowest BCUT2D eigenvalue weighted by Crippen LogP contribution is -2.37. The van der Waals surface area contributed by atoms with Crippen LogP contribution in [0.1, 0.15) is 12.5 Å². The molecule has 4 nitrogen and oxygen atoms in total. The van der Waals surface area contributed by atoms with Crippen LogP contribution in [0.3, 0.4) is 0 Å². The predicted octanol–water partition coefficient (Wildman–Crippen LogP) is 3.89. The average molecular weight is 279 g/mol. The van der Waals surface area contributed by atoms with Crippen molar-refractivity contribution in [2.75, 3.05) is 6.61 Å². The van der Waals surface area contributed by atoms with E-state index in [0.29, 0.717) is 12.3 Å². The van der Waals surface area contributed by atoms with Crippen LogP contribution in [-0.2, 0) is 4.74 Å². The zero-order chi connectivity index (χ0) is 14.5. The van der Waals surface area contributed by atoms with Crippen LogP contribution in [0, 0.1) is 10.1 Å². The van der Waals surface area contributed by atoms with Crippen LogP contribution in [-0.4, -0.2) is 25.3 Å². The fourth-order valence-electron chi connectivity index (χ4n) is 1.38. The summed E-state index contributed by atoms with van der Waals surface area (Å²) in [6.45, 7) is 9.44. The first-order valence-corrected chi connectivity index (χ1v) is 9.91. The van der Waals surface area contributed by atoms with E-state index in [0.717, 1.165) is 5.56 Å². The first-order chi connectivity index (χ1) is 8.80. The van der Waals surface area contributed by atoms with Crippen molar-refractivity contribution in [3.05, 3.63) is 46.0 Å². The molecule has 1 atom stereocenters. The van der Waals surface area contributed by atoms with Crippen LogP contribution >= 0.6 is 0 Å². The summed E-state index contributed by atoms with van der Waals surface area (Å²) in [7, 11) is -1.26. The van der Waals surface area contributed by atoms with Crippen LogP contribution < -0.4 is 0 Å². The van der Waals surface area contributed by atoms with Gasteiger partial charge in [-0.2, -0.15) is 0 Å². The van der Waals surface area contributed by atoms with E-state index in [2.05, 4.69) is 26.6 Å². The highest BCUT2D eigenvalue weighted by molar-refractivity contribution is 6.77. The minimum Gasteiger partial charge on any atom is -0.378 e. The van der Waals surface area contributed by atoms with Crippen molar-refractivity contribution in [3.63, 3.8) is 0 Å². The van der Waals surface area contributed by atoms with E-state index in [1.807, 2.05) is 18.2 Å². The zero-order valence-corrected chi connectivity index (χ0v) is 12.9. The monoisotopic (exact) mass is 279 g/mol. The van der Waals surface area contributed by atoms with Gasteiger partial charge in [-0.05, 0) is 12.5 Å². The molecule has 1 unspecified atom stereocenters. The van der Waals surface area contributed by atoms with Gasteiger partial charge >= 0.3 is 0 Å². The molecular weight excluding hydrogens is 258 g/mol. The summed E-state index contributed by atoms with van der Waals surface area (Å²) >= 11 is 0. The molecule has 0 aliphatic carbocycles. The lowest BCUT2D eigenvalue weighted by molar-refractivity contribution is -0.384. The number of nitrogens with zero attached hydrogens (tertiary/aromatic N) is 1. The van der Waals surface area contributed by atoms with Gasteiger partial charge in [0.15, 0.2) is 0 Å². The third-order valence-corrected chi connectivity index (χ3v) is 5.66. The fraction of sp³-hybridized carbons (Fsp3) is 0.429. The number of benzene rings is 1. The lowest BCUT2D eigenvalue weighted by Gasteiger charge is -2.24. The number of ether oxygens (including phenoxy) is 1. The Morgan fingerprint density at radius 1 is 1.42 bits per heavy atom. The van der Waals surface area contributed by atoms with Gasteiger partial charge < -0.3 is 4.74 Å². The Hall–Kier alpha value is -1.46. The summed E-state index contributed by atoms with van der Waals surface area (Å²) in [5.74, 6) is 0.